The Morgan fingerprint density at radius 1 is 0.964 bits per heavy atom. The van der Waals surface area contributed by atoms with Crippen LogP contribution in [0.3, 0.4) is 0 Å². The number of aromatic nitrogens is 1. The average molecular weight is 395 g/mol. The summed E-state index contributed by atoms with van der Waals surface area (Å²) in [4.78, 5) is 15.0. The van der Waals surface area contributed by atoms with Gasteiger partial charge in [-0.15, -0.1) is 11.6 Å². The Labute approximate surface area is 172 Å². The van der Waals surface area contributed by atoms with Crippen molar-refractivity contribution in [3.63, 3.8) is 0 Å². The highest BCUT2D eigenvalue weighted by Crippen LogP contribution is 2.24. The van der Waals surface area contributed by atoms with E-state index < -0.39 is 5.38 Å². The minimum absolute atomic E-state index is 0.0472. The predicted molar refractivity (Wildman–Crippen MR) is 115 cm³/mol. The first-order chi connectivity index (χ1) is 13.5. The Morgan fingerprint density at radius 3 is 2.25 bits per heavy atom. The van der Waals surface area contributed by atoms with E-state index in [-0.39, 0.29) is 5.91 Å². The second-order valence-corrected chi connectivity index (χ2v) is 7.94. The molecular formula is C24H27ClN2O. The standard InChI is InChI=1S/C24H27ClN2O/c1-19(2)16-27(24(28)23(25)21-12-7-4-8-13-21)18-22-14-9-15-26(22)17-20-10-5-3-6-11-20/h3-15,19,23H,16-18H2,1-2H3/t23-/m1/s1. The summed E-state index contributed by atoms with van der Waals surface area (Å²) >= 11 is 6.55. The number of carbonyl (C=O) groups excluding carboxylic acids is 1. The molecule has 0 unspecified atom stereocenters. The third kappa shape index (κ3) is 5.26. The van der Waals surface area contributed by atoms with Crippen molar-refractivity contribution in [2.45, 2.75) is 32.3 Å². The topological polar surface area (TPSA) is 25.2 Å². The molecule has 3 nitrogen and oxygen atoms in total. The fourth-order valence-corrected chi connectivity index (χ4v) is 3.60. The van der Waals surface area contributed by atoms with Gasteiger partial charge < -0.3 is 9.47 Å². The minimum atomic E-state index is -0.669. The van der Waals surface area contributed by atoms with Crippen molar-refractivity contribution in [3.8, 4) is 0 Å². The molecule has 0 aliphatic rings. The number of hydrogen-bond donors (Lipinski definition) is 0. The lowest BCUT2D eigenvalue weighted by atomic mass is 10.1. The molecule has 1 aromatic heterocycles. The van der Waals surface area contributed by atoms with Gasteiger partial charge in [0.1, 0.15) is 5.38 Å². The fraction of sp³-hybridized carbons (Fsp3) is 0.292. The van der Waals surface area contributed by atoms with Crippen molar-refractivity contribution in [2.24, 2.45) is 5.92 Å². The van der Waals surface area contributed by atoms with Crippen LogP contribution >= 0.6 is 11.6 Å². The zero-order valence-electron chi connectivity index (χ0n) is 16.5. The van der Waals surface area contributed by atoms with Gasteiger partial charge in [-0.25, -0.2) is 0 Å². The smallest absolute Gasteiger partial charge is 0.245 e. The SMILES string of the molecule is CC(C)CN(Cc1cccn1Cc1ccccc1)C(=O)[C@H](Cl)c1ccccc1. The number of hydrogen-bond acceptors (Lipinski definition) is 1. The number of benzene rings is 2. The largest absolute Gasteiger partial charge is 0.345 e. The van der Waals surface area contributed by atoms with Gasteiger partial charge in [0.15, 0.2) is 0 Å². The third-order valence-corrected chi connectivity index (χ3v) is 5.12. The summed E-state index contributed by atoms with van der Waals surface area (Å²) in [7, 11) is 0. The van der Waals surface area contributed by atoms with Crippen molar-refractivity contribution in [2.75, 3.05) is 6.54 Å². The molecule has 1 amide bonds. The van der Waals surface area contributed by atoms with Crippen LogP contribution in [-0.4, -0.2) is 21.9 Å². The van der Waals surface area contributed by atoms with Crippen LogP contribution in [0.15, 0.2) is 79.0 Å². The van der Waals surface area contributed by atoms with Gasteiger partial charge in [0, 0.05) is 25.0 Å². The van der Waals surface area contributed by atoms with Crippen LogP contribution in [-0.2, 0) is 17.9 Å². The Kier molecular flexibility index (Phi) is 6.94. The molecular weight excluding hydrogens is 368 g/mol. The molecule has 3 rings (SSSR count). The van der Waals surface area contributed by atoms with Gasteiger partial charge in [-0.05, 0) is 29.2 Å². The van der Waals surface area contributed by atoms with Gasteiger partial charge in [0.25, 0.3) is 0 Å². The van der Waals surface area contributed by atoms with Crippen LogP contribution in [0.2, 0.25) is 0 Å². The van der Waals surface area contributed by atoms with Crippen molar-refractivity contribution in [3.05, 3.63) is 95.8 Å². The first kappa shape index (κ1) is 20.2. The maximum Gasteiger partial charge on any atom is 0.245 e. The summed E-state index contributed by atoms with van der Waals surface area (Å²) in [6, 6.07) is 24.0. The highest BCUT2D eigenvalue weighted by atomic mass is 35.5. The van der Waals surface area contributed by atoms with Gasteiger partial charge in [0.2, 0.25) is 5.91 Å². The Bertz CT molecular complexity index is 874. The normalized spacial score (nSPS) is 12.1. The molecule has 0 radical (unpaired) electrons. The summed E-state index contributed by atoms with van der Waals surface area (Å²) in [5.74, 6) is 0.315. The lowest BCUT2D eigenvalue weighted by Crippen LogP contribution is -2.36. The number of nitrogens with zero attached hydrogens (tertiary/aromatic N) is 2. The van der Waals surface area contributed by atoms with Gasteiger partial charge in [-0.2, -0.15) is 0 Å². The van der Waals surface area contributed by atoms with Crippen LogP contribution in [0.25, 0.3) is 0 Å². The molecule has 0 fully saturated rings. The summed E-state index contributed by atoms with van der Waals surface area (Å²) < 4.78 is 2.20. The van der Waals surface area contributed by atoms with Gasteiger partial charge >= 0.3 is 0 Å². The highest BCUT2D eigenvalue weighted by Gasteiger charge is 2.25. The second kappa shape index (κ2) is 9.61. The molecule has 4 heteroatoms. The third-order valence-electron chi connectivity index (χ3n) is 4.68. The van der Waals surface area contributed by atoms with E-state index >= 15 is 0 Å². The molecule has 0 bridgehead atoms. The lowest BCUT2D eigenvalue weighted by Gasteiger charge is -2.27. The monoisotopic (exact) mass is 394 g/mol. The Balaban J connectivity index is 1.78. The molecule has 0 aliphatic heterocycles. The minimum Gasteiger partial charge on any atom is -0.345 e. The van der Waals surface area contributed by atoms with Crippen molar-refractivity contribution >= 4 is 17.5 Å². The van der Waals surface area contributed by atoms with E-state index in [2.05, 4.69) is 42.8 Å². The van der Waals surface area contributed by atoms with Crippen LogP contribution in [0.5, 0.6) is 0 Å². The quantitative estimate of drug-likeness (QED) is 0.463. The molecule has 1 atom stereocenters. The molecule has 0 spiro atoms. The molecule has 2 aromatic carbocycles. The fourth-order valence-electron chi connectivity index (χ4n) is 3.32. The number of carbonyl (C=O) groups is 1. The van der Waals surface area contributed by atoms with Gasteiger partial charge in [-0.3, -0.25) is 4.79 Å². The van der Waals surface area contributed by atoms with Gasteiger partial charge in [0.05, 0.1) is 6.54 Å². The molecule has 0 saturated carbocycles. The first-order valence-electron chi connectivity index (χ1n) is 9.70. The van der Waals surface area contributed by atoms with E-state index in [0.717, 1.165) is 17.8 Å². The number of amides is 1. The van der Waals surface area contributed by atoms with Gasteiger partial charge in [-0.1, -0.05) is 74.5 Å². The van der Waals surface area contributed by atoms with E-state index in [1.54, 1.807) is 0 Å². The summed E-state index contributed by atoms with van der Waals surface area (Å²) in [6.07, 6.45) is 2.07. The summed E-state index contributed by atoms with van der Waals surface area (Å²) in [6.45, 7) is 6.25. The summed E-state index contributed by atoms with van der Waals surface area (Å²) in [5, 5.41) is -0.669. The van der Waals surface area contributed by atoms with Crippen molar-refractivity contribution in [1.82, 2.24) is 9.47 Å². The van der Waals surface area contributed by atoms with Crippen molar-refractivity contribution in [1.29, 1.82) is 0 Å². The molecule has 1 heterocycles. The molecule has 0 N–H and O–H groups in total. The van der Waals surface area contributed by atoms with Crippen LogP contribution in [0, 0.1) is 5.92 Å². The maximum absolute atomic E-state index is 13.2. The van der Waals surface area contributed by atoms with E-state index in [1.165, 1.54) is 5.56 Å². The van der Waals surface area contributed by atoms with E-state index in [9.17, 15) is 4.79 Å². The number of halogens is 1. The first-order valence-corrected chi connectivity index (χ1v) is 10.1. The van der Waals surface area contributed by atoms with Crippen molar-refractivity contribution < 1.29 is 4.79 Å². The number of rotatable bonds is 8. The molecule has 146 valence electrons. The lowest BCUT2D eigenvalue weighted by molar-refractivity contribution is -0.132. The zero-order valence-corrected chi connectivity index (χ0v) is 17.2. The highest BCUT2D eigenvalue weighted by molar-refractivity contribution is 6.30. The molecule has 0 saturated heterocycles. The van der Waals surface area contributed by atoms with Crippen LogP contribution in [0.1, 0.15) is 36.0 Å². The average Bonchev–Trinajstić information content (AvgIpc) is 3.14. The molecule has 0 aliphatic carbocycles. The van der Waals surface area contributed by atoms with E-state index in [4.69, 9.17) is 11.6 Å². The zero-order chi connectivity index (χ0) is 19.9. The number of alkyl halides is 1. The second-order valence-electron chi connectivity index (χ2n) is 7.50. The predicted octanol–water partition coefficient (Wildman–Crippen LogP) is 5.50. The van der Waals surface area contributed by atoms with E-state index in [0.29, 0.717) is 19.0 Å². The Hall–Kier alpha value is -2.52. The van der Waals surface area contributed by atoms with Crippen LogP contribution < -0.4 is 0 Å². The Morgan fingerprint density at radius 2 is 1.61 bits per heavy atom. The van der Waals surface area contributed by atoms with E-state index in [1.807, 2.05) is 59.5 Å². The molecule has 3 aromatic rings. The molecule has 28 heavy (non-hydrogen) atoms. The summed E-state index contributed by atoms with van der Waals surface area (Å²) in [5.41, 5.74) is 3.18. The van der Waals surface area contributed by atoms with Crippen LogP contribution in [0.4, 0.5) is 0 Å². The maximum atomic E-state index is 13.2.